The molecule has 6 heteroatoms. The summed E-state index contributed by atoms with van der Waals surface area (Å²) in [5.74, 6) is 0.735. The number of aryl methyl sites for hydroxylation is 1. The molecule has 0 amide bonds. The molecule has 0 saturated carbocycles. The first-order valence-corrected chi connectivity index (χ1v) is 8.14. The second-order valence-corrected chi connectivity index (χ2v) is 7.23. The van der Waals surface area contributed by atoms with E-state index in [0.717, 1.165) is 11.1 Å². The van der Waals surface area contributed by atoms with Gasteiger partial charge in [0.05, 0.1) is 13.7 Å². The van der Waals surface area contributed by atoms with E-state index in [4.69, 9.17) is 4.74 Å². The van der Waals surface area contributed by atoms with E-state index in [9.17, 15) is 10.2 Å². The number of aromatic nitrogens is 3. The van der Waals surface area contributed by atoms with E-state index >= 15 is 0 Å². The van der Waals surface area contributed by atoms with Gasteiger partial charge in [0.25, 0.3) is 0 Å². The zero-order chi connectivity index (χ0) is 18.4. The standard InChI is InChI=1S/C19H23N3O3/c1-11-6-13(19(2,3)4)18(24)16(7-11)22-20-14-8-12(10-23)17(25-5)9-15(14)21-22/h6-9,23-24H,10H2,1-5H3. The lowest BCUT2D eigenvalue weighted by atomic mass is 9.85. The molecule has 0 atom stereocenters. The maximum atomic E-state index is 10.8. The first-order valence-electron chi connectivity index (χ1n) is 8.14. The van der Waals surface area contributed by atoms with Crippen LogP contribution in [0.1, 0.15) is 37.5 Å². The van der Waals surface area contributed by atoms with Gasteiger partial charge in [0.1, 0.15) is 28.2 Å². The molecular weight excluding hydrogens is 318 g/mol. The van der Waals surface area contributed by atoms with Crippen molar-refractivity contribution in [3.8, 4) is 17.2 Å². The van der Waals surface area contributed by atoms with Crippen molar-refractivity contribution in [3.05, 3.63) is 41.0 Å². The number of phenolic OH excluding ortho intramolecular Hbond substituents is 1. The smallest absolute Gasteiger partial charge is 0.146 e. The Morgan fingerprint density at radius 1 is 1.08 bits per heavy atom. The monoisotopic (exact) mass is 341 g/mol. The van der Waals surface area contributed by atoms with E-state index in [-0.39, 0.29) is 17.8 Å². The van der Waals surface area contributed by atoms with E-state index in [1.54, 1.807) is 19.2 Å². The molecule has 0 aliphatic rings. The van der Waals surface area contributed by atoms with Gasteiger partial charge in [0.15, 0.2) is 0 Å². The predicted octanol–water partition coefficient (Wildman–Crippen LogP) is 3.23. The van der Waals surface area contributed by atoms with Gasteiger partial charge in [-0.05, 0) is 30.0 Å². The summed E-state index contributed by atoms with van der Waals surface area (Å²) in [6.07, 6.45) is 0. The molecule has 0 spiro atoms. The van der Waals surface area contributed by atoms with E-state index < -0.39 is 0 Å². The average Bonchev–Trinajstić information content (AvgIpc) is 2.96. The van der Waals surface area contributed by atoms with Crippen LogP contribution in [0, 0.1) is 6.92 Å². The van der Waals surface area contributed by atoms with Crippen molar-refractivity contribution < 1.29 is 14.9 Å². The Hall–Kier alpha value is -2.60. The van der Waals surface area contributed by atoms with Gasteiger partial charge in [-0.25, -0.2) is 0 Å². The van der Waals surface area contributed by atoms with Gasteiger partial charge in [0, 0.05) is 17.2 Å². The molecule has 0 aliphatic heterocycles. The number of aromatic hydroxyl groups is 1. The quantitative estimate of drug-likeness (QED) is 0.764. The highest BCUT2D eigenvalue weighted by molar-refractivity contribution is 5.77. The number of aliphatic hydroxyl groups excluding tert-OH is 1. The molecule has 132 valence electrons. The van der Waals surface area contributed by atoms with Crippen molar-refractivity contribution in [2.75, 3.05) is 7.11 Å². The molecule has 0 bridgehead atoms. The number of rotatable bonds is 3. The number of phenols is 1. The Bertz CT molecular complexity index is 898. The average molecular weight is 341 g/mol. The summed E-state index contributed by atoms with van der Waals surface area (Å²) >= 11 is 0. The molecule has 2 N–H and O–H groups in total. The normalized spacial score (nSPS) is 11.9. The largest absolute Gasteiger partial charge is 0.505 e. The fourth-order valence-electron chi connectivity index (χ4n) is 2.89. The number of benzene rings is 2. The number of fused-ring (bicyclic) bond motifs is 1. The van der Waals surface area contributed by atoms with Gasteiger partial charge in [-0.2, -0.15) is 0 Å². The second-order valence-electron chi connectivity index (χ2n) is 7.23. The minimum absolute atomic E-state index is 0.143. The summed E-state index contributed by atoms with van der Waals surface area (Å²) in [5, 5.41) is 29.2. The molecule has 1 heterocycles. The van der Waals surface area contributed by atoms with Crippen LogP contribution in [-0.4, -0.2) is 32.3 Å². The molecule has 0 aliphatic carbocycles. The maximum absolute atomic E-state index is 10.8. The Balaban J connectivity index is 2.22. The van der Waals surface area contributed by atoms with Crippen LogP contribution in [0.25, 0.3) is 16.7 Å². The lowest BCUT2D eigenvalue weighted by Crippen LogP contribution is -2.13. The van der Waals surface area contributed by atoms with E-state index in [0.29, 0.717) is 28.0 Å². The van der Waals surface area contributed by atoms with Crippen LogP contribution in [0.3, 0.4) is 0 Å². The number of hydrogen-bond acceptors (Lipinski definition) is 5. The van der Waals surface area contributed by atoms with Crippen molar-refractivity contribution in [2.45, 2.75) is 39.7 Å². The van der Waals surface area contributed by atoms with Gasteiger partial charge in [-0.15, -0.1) is 15.0 Å². The van der Waals surface area contributed by atoms with Gasteiger partial charge < -0.3 is 14.9 Å². The van der Waals surface area contributed by atoms with Crippen LogP contribution in [0.5, 0.6) is 11.5 Å². The van der Waals surface area contributed by atoms with Crippen LogP contribution in [-0.2, 0) is 12.0 Å². The van der Waals surface area contributed by atoms with E-state index in [1.165, 1.54) is 4.80 Å². The Morgan fingerprint density at radius 2 is 1.72 bits per heavy atom. The van der Waals surface area contributed by atoms with Crippen molar-refractivity contribution in [2.24, 2.45) is 0 Å². The first-order chi connectivity index (χ1) is 11.7. The van der Waals surface area contributed by atoms with Gasteiger partial charge >= 0.3 is 0 Å². The summed E-state index contributed by atoms with van der Waals surface area (Å²) in [6, 6.07) is 7.32. The van der Waals surface area contributed by atoms with Crippen LogP contribution < -0.4 is 4.74 Å². The third-order valence-corrected chi connectivity index (χ3v) is 4.21. The van der Waals surface area contributed by atoms with E-state index in [1.807, 2.05) is 19.1 Å². The highest BCUT2D eigenvalue weighted by atomic mass is 16.5. The number of aliphatic hydroxyl groups is 1. The highest BCUT2D eigenvalue weighted by Gasteiger charge is 2.22. The molecule has 0 radical (unpaired) electrons. The summed E-state index contributed by atoms with van der Waals surface area (Å²) < 4.78 is 5.28. The molecular formula is C19H23N3O3. The van der Waals surface area contributed by atoms with Crippen LogP contribution in [0.2, 0.25) is 0 Å². The van der Waals surface area contributed by atoms with Crippen molar-refractivity contribution >= 4 is 11.0 Å². The number of hydrogen-bond donors (Lipinski definition) is 2. The Kier molecular flexibility index (Phi) is 4.16. The van der Waals surface area contributed by atoms with Crippen molar-refractivity contribution in [1.82, 2.24) is 15.0 Å². The van der Waals surface area contributed by atoms with Crippen LogP contribution in [0.4, 0.5) is 0 Å². The molecule has 0 unspecified atom stereocenters. The molecule has 2 aromatic carbocycles. The van der Waals surface area contributed by atoms with E-state index in [2.05, 4.69) is 31.0 Å². The molecule has 6 nitrogen and oxygen atoms in total. The first kappa shape index (κ1) is 17.2. The fraction of sp³-hybridized carbons (Fsp3) is 0.368. The molecule has 25 heavy (non-hydrogen) atoms. The summed E-state index contributed by atoms with van der Waals surface area (Å²) in [4.78, 5) is 1.43. The van der Waals surface area contributed by atoms with Gasteiger partial charge in [-0.3, -0.25) is 0 Å². The van der Waals surface area contributed by atoms with Gasteiger partial charge in [-0.1, -0.05) is 26.8 Å². The third-order valence-electron chi connectivity index (χ3n) is 4.21. The molecule has 0 fully saturated rings. The Morgan fingerprint density at radius 3 is 2.28 bits per heavy atom. The zero-order valence-corrected chi connectivity index (χ0v) is 15.2. The SMILES string of the molecule is COc1cc2nn(-c3cc(C)cc(C(C)(C)C)c3O)nc2cc1CO. The molecule has 3 aromatic rings. The van der Waals surface area contributed by atoms with Gasteiger partial charge in [0.2, 0.25) is 0 Å². The van der Waals surface area contributed by atoms with Crippen LogP contribution in [0.15, 0.2) is 24.3 Å². The zero-order valence-electron chi connectivity index (χ0n) is 15.2. The third kappa shape index (κ3) is 3.05. The molecule has 1 aromatic heterocycles. The van der Waals surface area contributed by atoms with Crippen LogP contribution >= 0.6 is 0 Å². The maximum Gasteiger partial charge on any atom is 0.146 e. The lowest BCUT2D eigenvalue weighted by Gasteiger charge is -2.22. The fourth-order valence-corrected chi connectivity index (χ4v) is 2.89. The topological polar surface area (TPSA) is 80.4 Å². The summed E-state index contributed by atoms with van der Waals surface area (Å²) in [7, 11) is 1.55. The lowest BCUT2D eigenvalue weighted by molar-refractivity contribution is 0.274. The summed E-state index contributed by atoms with van der Waals surface area (Å²) in [5.41, 5.74) is 4.10. The number of ether oxygens (including phenoxy) is 1. The van der Waals surface area contributed by atoms with Crippen molar-refractivity contribution in [3.63, 3.8) is 0 Å². The number of nitrogens with zero attached hydrogens (tertiary/aromatic N) is 3. The predicted molar refractivity (Wildman–Crippen MR) is 96.4 cm³/mol. The number of methoxy groups -OCH3 is 1. The Labute approximate surface area is 146 Å². The second kappa shape index (κ2) is 6.04. The highest BCUT2D eigenvalue weighted by Crippen LogP contribution is 2.36. The van der Waals surface area contributed by atoms with Crippen molar-refractivity contribution in [1.29, 1.82) is 0 Å². The molecule has 0 saturated heterocycles. The minimum Gasteiger partial charge on any atom is -0.505 e. The molecule has 3 rings (SSSR count). The minimum atomic E-state index is -0.204. The summed E-state index contributed by atoms with van der Waals surface area (Å²) in [6.45, 7) is 7.99.